The lowest BCUT2D eigenvalue weighted by Gasteiger charge is -2.17. The molecule has 2 amide bonds. The minimum atomic E-state index is -0.271. The van der Waals surface area contributed by atoms with Crippen molar-refractivity contribution in [2.45, 2.75) is 18.9 Å². The molecule has 1 N–H and O–H groups in total. The number of nitrogens with one attached hydrogen (secondary N) is 1. The van der Waals surface area contributed by atoms with Crippen molar-refractivity contribution in [3.63, 3.8) is 0 Å². The standard InChI is InChI=1S/C17H16ClFN2O2S/c18-15-6-5-14(24-15)17(23)20-13-9-16(22)21(10-13)8-7-11-1-3-12(19)4-2-11/h1-6,13H,7-10H2,(H,20,23)/t13-/m1/s1. The van der Waals surface area contributed by atoms with Gasteiger partial charge in [-0.05, 0) is 36.2 Å². The number of hydrogen-bond acceptors (Lipinski definition) is 3. The van der Waals surface area contributed by atoms with Gasteiger partial charge in [-0.25, -0.2) is 4.39 Å². The van der Waals surface area contributed by atoms with Crippen LogP contribution in [0.1, 0.15) is 21.7 Å². The minimum absolute atomic E-state index is 0.0200. The van der Waals surface area contributed by atoms with Gasteiger partial charge >= 0.3 is 0 Å². The Morgan fingerprint density at radius 1 is 1.29 bits per heavy atom. The van der Waals surface area contributed by atoms with Crippen LogP contribution in [0.4, 0.5) is 4.39 Å². The van der Waals surface area contributed by atoms with E-state index in [1.54, 1.807) is 29.2 Å². The minimum Gasteiger partial charge on any atom is -0.346 e. The lowest BCUT2D eigenvalue weighted by atomic mass is 10.1. The van der Waals surface area contributed by atoms with Gasteiger partial charge in [0.1, 0.15) is 5.82 Å². The Kier molecular flexibility index (Phi) is 5.16. The summed E-state index contributed by atoms with van der Waals surface area (Å²) in [5, 5.41) is 2.88. The molecule has 1 aliphatic heterocycles. The Morgan fingerprint density at radius 2 is 2.04 bits per heavy atom. The first-order valence-electron chi connectivity index (χ1n) is 7.59. The van der Waals surface area contributed by atoms with Gasteiger partial charge < -0.3 is 10.2 Å². The second kappa shape index (κ2) is 7.32. The second-order valence-corrected chi connectivity index (χ2v) is 7.41. The van der Waals surface area contributed by atoms with E-state index in [2.05, 4.69) is 5.32 Å². The number of benzene rings is 1. The normalized spacial score (nSPS) is 17.3. The number of rotatable bonds is 5. The molecule has 1 aliphatic rings. The molecule has 1 fully saturated rings. The van der Waals surface area contributed by atoms with Gasteiger partial charge in [0.15, 0.2) is 0 Å². The number of carbonyl (C=O) groups excluding carboxylic acids is 2. The predicted octanol–water partition coefficient (Wildman–Crippen LogP) is 3.11. The second-order valence-electron chi connectivity index (χ2n) is 5.69. The highest BCUT2D eigenvalue weighted by Gasteiger charge is 2.30. The van der Waals surface area contributed by atoms with Crippen LogP contribution in [-0.4, -0.2) is 35.8 Å². The SMILES string of the molecule is O=C(N[C@@H]1CC(=O)N(CCc2ccc(F)cc2)C1)c1ccc(Cl)s1. The zero-order valence-electron chi connectivity index (χ0n) is 12.8. The topological polar surface area (TPSA) is 49.4 Å². The van der Waals surface area contributed by atoms with Crippen LogP contribution in [0, 0.1) is 5.82 Å². The molecule has 0 bridgehead atoms. The summed E-state index contributed by atoms with van der Waals surface area (Å²) in [6.45, 7) is 1.05. The van der Waals surface area contributed by atoms with Crippen molar-refractivity contribution in [2.75, 3.05) is 13.1 Å². The Hall–Kier alpha value is -1.92. The molecular formula is C17H16ClFN2O2S. The molecule has 1 atom stereocenters. The Balaban J connectivity index is 1.51. The first-order chi connectivity index (χ1) is 11.5. The number of amides is 2. The van der Waals surface area contributed by atoms with Crippen molar-refractivity contribution in [1.29, 1.82) is 0 Å². The molecule has 0 radical (unpaired) electrons. The van der Waals surface area contributed by atoms with Gasteiger partial charge in [0.25, 0.3) is 5.91 Å². The summed E-state index contributed by atoms with van der Waals surface area (Å²) in [6, 6.07) is 9.42. The van der Waals surface area contributed by atoms with E-state index in [0.717, 1.165) is 5.56 Å². The summed E-state index contributed by atoms with van der Waals surface area (Å²) in [5.74, 6) is -0.454. The molecule has 1 saturated heterocycles. The maximum atomic E-state index is 12.9. The van der Waals surface area contributed by atoms with E-state index >= 15 is 0 Å². The van der Waals surface area contributed by atoms with E-state index in [4.69, 9.17) is 11.6 Å². The molecule has 7 heteroatoms. The van der Waals surface area contributed by atoms with Crippen molar-refractivity contribution in [2.24, 2.45) is 0 Å². The first kappa shape index (κ1) is 16.9. The Morgan fingerprint density at radius 3 is 2.71 bits per heavy atom. The van der Waals surface area contributed by atoms with E-state index in [9.17, 15) is 14.0 Å². The van der Waals surface area contributed by atoms with Crippen LogP contribution in [-0.2, 0) is 11.2 Å². The smallest absolute Gasteiger partial charge is 0.261 e. The summed E-state index contributed by atoms with van der Waals surface area (Å²) in [6.07, 6.45) is 0.960. The summed E-state index contributed by atoms with van der Waals surface area (Å²) >= 11 is 7.04. The molecule has 24 heavy (non-hydrogen) atoms. The Bertz CT molecular complexity index is 747. The van der Waals surface area contributed by atoms with E-state index < -0.39 is 0 Å². The summed E-state index contributed by atoms with van der Waals surface area (Å²) in [5.41, 5.74) is 0.977. The summed E-state index contributed by atoms with van der Waals surface area (Å²) in [4.78, 5) is 26.5. The van der Waals surface area contributed by atoms with Crippen molar-refractivity contribution < 1.29 is 14.0 Å². The highest BCUT2D eigenvalue weighted by molar-refractivity contribution is 7.18. The van der Waals surface area contributed by atoms with Crippen molar-refractivity contribution >= 4 is 34.8 Å². The molecule has 0 unspecified atom stereocenters. The van der Waals surface area contributed by atoms with Crippen LogP contribution in [0.3, 0.4) is 0 Å². The van der Waals surface area contributed by atoms with Gasteiger partial charge in [0.05, 0.1) is 15.3 Å². The highest BCUT2D eigenvalue weighted by Crippen LogP contribution is 2.22. The van der Waals surface area contributed by atoms with Gasteiger partial charge in [-0.1, -0.05) is 23.7 Å². The lowest BCUT2D eigenvalue weighted by molar-refractivity contribution is -0.127. The molecule has 4 nitrogen and oxygen atoms in total. The number of nitrogens with zero attached hydrogens (tertiary/aromatic N) is 1. The number of thiophene rings is 1. The third-order valence-electron chi connectivity index (χ3n) is 3.93. The third-order valence-corrected chi connectivity index (χ3v) is 5.16. The number of likely N-dealkylation sites (tertiary alicyclic amines) is 1. The quantitative estimate of drug-likeness (QED) is 0.883. The first-order valence-corrected chi connectivity index (χ1v) is 8.79. The summed E-state index contributed by atoms with van der Waals surface area (Å²) < 4.78 is 13.5. The number of carbonyl (C=O) groups is 2. The van der Waals surface area contributed by atoms with Crippen molar-refractivity contribution in [3.05, 3.63) is 57.0 Å². The molecule has 2 heterocycles. The largest absolute Gasteiger partial charge is 0.346 e. The van der Waals surface area contributed by atoms with E-state index in [-0.39, 0.29) is 23.7 Å². The molecule has 1 aromatic heterocycles. The molecule has 3 rings (SSSR count). The molecular weight excluding hydrogens is 351 g/mol. The van der Waals surface area contributed by atoms with Crippen LogP contribution in [0.5, 0.6) is 0 Å². The van der Waals surface area contributed by atoms with Crippen LogP contribution >= 0.6 is 22.9 Å². The number of hydrogen-bond donors (Lipinski definition) is 1. The van der Waals surface area contributed by atoms with Gasteiger partial charge in [-0.15, -0.1) is 11.3 Å². The van der Waals surface area contributed by atoms with Crippen molar-refractivity contribution in [1.82, 2.24) is 10.2 Å². The molecule has 126 valence electrons. The average Bonchev–Trinajstić information content (AvgIpc) is 3.13. The van der Waals surface area contributed by atoms with Crippen molar-refractivity contribution in [3.8, 4) is 0 Å². The van der Waals surface area contributed by atoms with Crippen LogP contribution in [0.15, 0.2) is 36.4 Å². The van der Waals surface area contributed by atoms with Gasteiger partial charge in [0, 0.05) is 19.5 Å². The zero-order chi connectivity index (χ0) is 17.1. The van der Waals surface area contributed by atoms with Gasteiger partial charge in [-0.2, -0.15) is 0 Å². The third kappa shape index (κ3) is 4.13. The van der Waals surface area contributed by atoms with Crippen LogP contribution in [0.2, 0.25) is 4.34 Å². The van der Waals surface area contributed by atoms with Gasteiger partial charge in [-0.3, -0.25) is 9.59 Å². The van der Waals surface area contributed by atoms with E-state index in [1.165, 1.54) is 23.5 Å². The lowest BCUT2D eigenvalue weighted by Crippen LogP contribution is -2.37. The predicted molar refractivity (Wildman–Crippen MR) is 91.9 cm³/mol. The number of halogens is 2. The molecule has 2 aromatic rings. The van der Waals surface area contributed by atoms with Gasteiger partial charge in [0.2, 0.25) is 5.91 Å². The highest BCUT2D eigenvalue weighted by atomic mass is 35.5. The Labute approximate surface area is 148 Å². The zero-order valence-corrected chi connectivity index (χ0v) is 14.4. The van der Waals surface area contributed by atoms with E-state index in [0.29, 0.717) is 35.1 Å². The average molecular weight is 367 g/mol. The fraction of sp³-hybridized carbons (Fsp3) is 0.294. The van der Waals surface area contributed by atoms with Crippen LogP contribution < -0.4 is 5.32 Å². The monoisotopic (exact) mass is 366 g/mol. The maximum Gasteiger partial charge on any atom is 0.261 e. The summed E-state index contributed by atoms with van der Waals surface area (Å²) in [7, 11) is 0. The molecule has 0 aliphatic carbocycles. The fourth-order valence-electron chi connectivity index (χ4n) is 2.69. The van der Waals surface area contributed by atoms with Crippen LogP contribution in [0.25, 0.3) is 0 Å². The molecule has 0 saturated carbocycles. The molecule has 1 aromatic carbocycles. The fourth-order valence-corrected chi connectivity index (χ4v) is 3.64. The van der Waals surface area contributed by atoms with E-state index in [1.807, 2.05) is 0 Å². The maximum absolute atomic E-state index is 12.9. The molecule has 0 spiro atoms.